The van der Waals surface area contributed by atoms with E-state index in [0.29, 0.717) is 18.1 Å². The van der Waals surface area contributed by atoms with Gasteiger partial charge in [0, 0.05) is 24.3 Å². The zero-order chi connectivity index (χ0) is 17.1. The monoisotopic (exact) mass is 490 g/mol. The number of hydrogen-bond donors (Lipinski definition) is 2. The Kier molecular flexibility index (Phi) is 7.03. The minimum absolute atomic E-state index is 0. The third kappa shape index (κ3) is 5.05. The Morgan fingerprint density at radius 1 is 1.20 bits per heavy atom. The lowest BCUT2D eigenvalue weighted by molar-refractivity contribution is 0.794. The molecule has 9 heteroatoms. The molecule has 0 amide bonds. The van der Waals surface area contributed by atoms with E-state index in [4.69, 9.17) is 11.6 Å². The molecule has 0 aliphatic carbocycles. The summed E-state index contributed by atoms with van der Waals surface area (Å²) in [6.45, 7) is 5.34. The highest BCUT2D eigenvalue weighted by Gasteiger charge is 2.06. The maximum Gasteiger partial charge on any atom is 0.191 e. The van der Waals surface area contributed by atoms with Gasteiger partial charge in [0.05, 0.1) is 29.5 Å². The first-order valence-electron chi connectivity index (χ1n) is 7.55. The lowest BCUT2D eigenvalue weighted by Crippen LogP contribution is -2.36. The normalized spacial score (nSPS) is 11.4. The highest BCUT2D eigenvalue weighted by molar-refractivity contribution is 14.0. The number of guanidine groups is 1. The molecule has 0 saturated heterocycles. The molecule has 0 aliphatic rings. The molecule has 0 aromatic carbocycles. The molecule has 134 valence electrons. The topological polar surface area (TPSA) is 66.6 Å². The van der Waals surface area contributed by atoms with Crippen LogP contribution in [0.1, 0.15) is 21.3 Å². The van der Waals surface area contributed by atoms with Gasteiger partial charge >= 0.3 is 0 Å². The number of fused-ring (bicyclic) bond motifs is 1. The summed E-state index contributed by atoms with van der Waals surface area (Å²) in [4.78, 5) is 14.5. The zero-order valence-corrected chi connectivity index (χ0v) is 18.1. The number of aryl methyl sites for hydroxylation is 2. The van der Waals surface area contributed by atoms with Crippen molar-refractivity contribution in [1.29, 1.82) is 0 Å². The fourth-order valence-corrected chi connectivity index (χ4v) is 3.31. The summed E-state index contributed by atoms with van der Waals surface area (Å²) in [5.41, 5.74) is 2.87. The second kappa shape index (κ2) is 8.81. The molecule has 25 heavy (non-hydrogen) atoms. The first-order valence-corrected chi connectivity index (χ1v) is 8.75. The highest BCUT2D eigenvalue weighted by Crippen LogP contribution is 2.16. The first kappa shape index (κ1) is 19.9. The van der Waals surface area contributed by atoms with Gasteiger partial charge in [0.25, 0.3) is 0 Å². The van der Waals surface area contributed by atoms with Crippen LogP contribution in [0.3, 0.4) is 0 Å². The van der Waals surface area contributed by atoms with Crippen LogP contribution in [0.4, 0.5) is 0 Å². The van der Waals surface area contributed by atoms with Crippen molar-refractivity contribution in [2.75, 3.05) is 7.05 Å². The summed E-state index contributed by atoms with van der Waals surface area (Å²) in [5.74, 6) is 0.718. The minimum atomic E-state index is 0. The van der Waals surface area contributed by atoms with Gasteiger partial charge in [-0.05, 0) is 26.0 Å². The van der Waals surface area contributed by atoms with E-state index in [0.717, 1.165) is 28.0 Å². The molecule has 0 unspecified atom stereocenters. The number of hydrogen-bond acceptors (Lipinski definition) is 4. The molecule has 3 heterocycles. The lowest BCUT2D eigenvalue weighted by Gasteiger charge is -2.09. The van der Waals surface area contributed by atoms with Gasteiger partial charge in [-0.1, -0.05) is 11.6 Å². The molecular formula is C16H20ClIN6S. The van der Waals surface area contributed by atoms with Crippen LogP contribution in [0.5, 0.6) is 0 Å². The van der Waals surface area contributed by atoms with Crippen LogP contribution in [0.15, 0.2) is 29.5 Å². The first-order chi connectivity index (χ1) is 11.5. The van der Waals surface area contributed by atoms with Crippen molar-refractivity contribution < 1.29 is 0 Å². The summed E-state index contributed by atoms with van der Waals surface area (Å²) < 4.78 is 1.91. The van der Waals surface area contributed by atoms with Crippen LogP contribution in [-0.4, -0.2) is 27.4 Å². The number of nitrogens with one attached hydrogen (secondary N) is 2. The lowest BCUT2D eigenvalue weighted by atomic mass is 10.4. The number of rotatable bonds is 4. The maximum atomic E-state index is 5.99. The van der Waals surface area contributed by atoms with E-state index >= 15 is 0 Å². The second-order valence-electron chi connectivity index (χ2n) is 5.37. The zero-order valence-electron chi connectivity index (χ0n) is 14.2. The number of aliphatic imine (C=N–C) groups is 1. The van der Waals surface area contributed by atoms with E-state index in [9.17, 15) is 0 Å². The molecule has 3 aromatic heterocycles. The summed E-state index contributed by atoms with van der Waals surface area (Å²) in [5, 5.41) is 8.27. The van der Waals surface area contributed by atoms with E-state index in [-0.39, 0.29) is 24.0 Å². The third-order valence-corrected chi connectivity index (χ3v) is 4.90. The van der Waals surface area contributed by atoms with Gasteiger partial charge in [-0.15, -0.1) is 35.3 Å². The number of pyridine rings is 1. The maximum absolute atomic E-state index is 5.99. The summed E-state index contributed by atoms with van der Waals surface area (Å²) >= 11 is 7.69. The van der Waals surface area contributed by atoms with Crippen molar-refractivity contribution >= 4 is 58.5 Å². The summed E-state index contributed by atoms with van der Waals surface area (Å²) in [6, 6.07) is 3.73. The van der Waals surface area contributed by atoms with E-state index in [1.165, 1.54) is 4.88 Å². The molecule has 0 fully saturated rings. The number of aromatic nitrogens is 3. The molecule has 0 radical (unpaired) electrons. The fraction of sp³-hybridized carbons (Fsp3) is 0.312. The molecule has 0 aliphatic heterocycles. The van der Waals surface area contributed by atoms with E-state index in [2.05, 4.69) is 32.5 Å². The number of thiazole rings is 1. The average molecular weight is 491 g/mol. The van der Waals surface area contributed by atoms with Gasteiger partial charge in [0.1, 0.15) is 10.7 Å². The van der Waals surface area contributed by atoms with Crippen LogP contribution >= 0.6 is 46.9 Å². The molecule has 0 spiro atoms. The summed E-state index contributed by atoms with van der Waals surface area (Å²) in [7, 11) is 1.75. The Bertz CT molecular complexity index is 869. The molecule has 2 N–H and O–H groups in total. The van der Waals surface area contributed by atoms with Gasteiger partial charge in [0.2, 0.25) is 0 Å². The van der Waals surface area contributed by atoms with Gasteiger partial charge in [0.15, 0.2) is 5.96 Å². The van der Waals surface area contributed by atoms with Crippen LogP contribution in [-0.2, 0) is 13.1 Å². The predicted molar refractivity (Wildman–Crippen MR) is 114 cm³/mol. The molecule has 0 bridgehead atoms. The van der Waals surface area contributed by atoms with Crippen LogP contribution < -0.4 is 10.6 Å². The Morgan fingerprint density at radius 3 is 2.64 bits per heavy atom. The van der Waals surface area contributed by atoms with Crippen LogP contribution in [0.25, 0.3) is 5.65 Å². The third-order valence-electron chi connectivity index (χ3n) is 3.61. The summed E-state index contributed by atoms with van der Waals surface area (Å²) in [6.07, 6.45) is 3.79. The fourth-order valence-electron chi connectivity index (χ4n) is 2.27. The Balaban J connectivity index is 0.00000225. The average Bonchev–Trinajstić information content (AvgIpc) is 3.10. The van der Waals surface area contributed by atoms with Crippen molar-refractivity contribution in [2.24, 2.45) is 4.99 Å². The van der Waals surface area contributed by atoms with E-state index in [1.807, 2.05) is 35.9 Å². The van der Waals surface area contributed by atoms with Gasteiger partial charge in [-0.2, -0.15) is 0 Å². The van der Waals surface area contributed by atoms with Crippen molar-refractivity contribution in [1.82, 2.24) is 25.0 Å². The van der Waals surface area contributed by atoms with E-state index < -0.39 is 0 Å². The van der Waals surface area contributed by atoms with Crippen molar-refractivity contribution in [3.05, 3.63) is 50.8 Å². The Hall–Kier alpha value is -1.39. The SMILES string of the molecule is CN=C(NCc1cn2cc(Cl)ccc2n1)NCc1nc(C)c(C)s1.I. The number of imidazole rings is 1. The minimum Gasteiger partial charge on any atom is -0.351 e. The van der Waals surface area contributed by atoms with Gasteiger partial charge in [-0.3, -0.25) is 4.99 Å². The highest BCUT2D eigenvalue weighted by atomic mass is 127. The number of nitrogens with zero attached hydrogens (tertiary/aromatic N) is 4. The molecular weight excluding hydrogens is 471 g/mol. The van der Waals surface area contributed by atoms with Crippen molar-refractivity contribution in [3.63, 3.8) is 0 Å². The quantitative estimate of drug-likeness (QED) is 0.333. The van der Waals surface area contributed by atoms with Crippen molar-refractivity contribution in [3.8, 4) is 0 Å². The molecule has 0 atom stereocenters. The molecule has 6 nitrogen and oxygen atoms in total. The van der Waals surface area contributed by atoms with Crippen molar-refractivity contribution in [2.45, 2.75) is 26.9 Å². The molecule has 0 saturated carbocycles. The second-order valence-corrected chi connectivity index (χ2v) is 7.10. The Labute approximate surface area is 172 Å². The predicted octanol–water partition coefficient (Wildman–Crippen LogP) is 3.54. The smallest absolute Gasteiger partial charge is 0.191 e. The van der Waals surface area contributed by atoms with Gasteiger partial charge < -0.3 is 15.0 Å². The van der Waals surface area contributed by atoms with Gasteiger partial charge in [-0.25, -0.2) is 9.97 Å². The largest absolute Gasteiger partial charge is 0.351 e. The Morgan fingerprint density at radius 2 is 1.96 bits per heavy atom. The van der Waals surface area contributed by atoms with Crippen LogP contribution in [0.2, 0.25) is 5.02 Å². The van der Waals surface area contributed by atoms with Crippen LogP contribution in [0, 0.1) is 13.8 Å². The number of halogens is 2. The molecule has 3 aromatic rings. The standard InChI is InChI=1S/C16H19ClN6S.HI/c1-10-11(2)24-15(21-10)7-20-16(18-3)19-6-13-9-23-8-12(17)4-5-14(23)22-13;/h4-5,8-9H,6-7H2,1-3H3,(H2,18,19,20);1H. The molecule has 3 rings (SSSR count). The van der Waals surface area contributed by atoms with E-state index in [1.54, 1.807) is 18.4 Å².